The lowest BCUT2D eigenvalue weighted by molar-refractivity contribution is -0.139. The van der Waals surface area contributed by atoms with E-state index in [2.05, 4.69) is 45.0 Å². The number of nitrogens with zero attached hydrogens (tertiary/aromatic N) is 1. The van der Waals surface area contributed by atoms with Crippen LogP contribution in [-0.2, 0) is 23.5 Å². The van der Waals surface area contributed by atoms with Crippen molar-refractivity contribution >= 4 is 30.5 Å². The molecule has 0 N–H and O–H groups in total. The quantitative estimate of drug-likeness (QED) is 0.438. The van der Waals surface area contributed by atoms with Gasteiger partial charge in [-0.2, -0.15) is 0 Å². The molecule has 7 heteroatoms. The molecular weight excluding hydrogens is 458 g/mol. The van der Waals surface area contributed by atoms with Crippen LogP contribution in [0.1, 0.15) is 27.7 Å². The number of hydrogen-bond acceptors (Lipinski definition) is 5. The van der Waals surface area contributed by atoms with Crippen LogP contribution in [-0.4, -0.2) is 58.0 Å². The zero-order valence-electron chi connectivity index (χ0n) is 21.4. The second-order valence-corrected chi connectivity index (χ2v) is 14.4. The van der Waals surface area contributed by atoms with Crippen molar-refractivity contribution in [1.82, 2.24) is 4.90 Å². The van der Waals surface area contributed by atoms with Crippen LogP contribution in [0.25, 0.3) is 0 Å². The summed E-state index contributed by atoms with van der Waals surface area (Å²) in [6, 6.07) is 20.6. The summed E-state index contributed by atoms with van der Waals surface area (Å²) >= 11 is 0. The van der Waals surface area contributed by atoms with Gasteiger partial charge in [-0.1, -0.05) is 81.4 Å². The van der Waals surface area contributed by atoms with E-state index in [1.165, 1.54) is 11.9 Å². The van der Waals surface area contributed by atoms with Crippen molar-refractivity contribution < 1.29 is 23.5 Å². The highest BCUT2D eigenvalue weighted by Crippen LogP contribution is 2.44. The van der Waals surface area contributed by atoms with Crippen molar-refractivity contribution in [2.45, 2.75) is 44.9 Å². The van der Waals surface area contributed by atoms with E-state index < -0.39 is 32.4 Å². The van der Waals surface area contributed by atoms with Crippen molar-refractivity contribution in [3.05, 3.63) is 72.5 Å². The van der Waals surface area contributed by atoms with Gasteiger partial charge in [-0.15, -0.1) is 0 Å². The molecule has 2 amide bonds. The predicted molar refractivity (Wildman–Crippen MR) is 138 cm³/mol. The summed E-state index contributed by atoms with van der Waals surface area (Å²) in [6.45, 7) is 8.90. The number of methoxy groups -OCH3 is 1. The molecule has 0 radical (unpaired) electrons. The van der Waals surface area contributed by atoms with Crippen LogP contribution in [0.4, 0.5) is 0 Å². The highest BCUT2D eigenvalue weighted by molar-refractivity contribution is 6.99. The maximum absolute atomic E-state index is 13.2. The fourth-order valence-electron chi connectivity index (χ4n) is 5.59. The zero-order valence-corrected chi connectivity index (χ0v) is 22.4. The fraction of sp³-hybridized carbons (Fsp3) is 0.429. The Morgan fingerprint density at radius 2 is 1.40 bits per heavy atom. The Morgan fingerprint density at radius 3 is 1.86 bits per heavy atom. The Labute approximate surface area is 209 Å². The molecule has 2 aromatic carbocycles. The lowest BCUT2D eigenvalue weighted by Gasteiger charge is -2.46. The summed E-state index contributed by atoms with van der Waals surface area (Å²) in [6.07, 6.45) is 0.633. The molecule has 35 heavy (non-hydrogen) atoms. The summed E-state index contributed by atoms with van der Waals surface area (Å²) in [7, 11) is 0.139. The largest absolute Gasteiger partial charge is 0.535 e. The van der Waals surface area contributed by atoms with Crippen molar-refractivity contribution in [3.8, 4) is 0 Å². The number of carbonyl (C=O) groups excluding carboxylic acids is 2. The van der Waals surface area contributed by atoms with E-state index in [1.54, 1.807) is 7.11 Å². The van der Waals surface area contributed by atoms with Crippen LogP contribution in [0.5, 0.6) is 0 Å². The van der Waals surface area contributed by atoms with E-state index in [0.29, 0.717) is 12.4 Å². The molecule has 6 nitrogen and oxygen atoms in total. The van der Waals surface area contributed by atoms with Gasteiger partial charge in [0, 0.05) is 20.8 Å². The molecule has 1 saturated heterocycles. The zero-order chi connectivity index (χ0) is 25.4. The minimum atomic E-state index is -2.96. The molecule has 1 aliphatic heterocycles. The van der Waals surface area contributed by atoms with Crippen LogP contribution < -0.4 is 10.4 Å². The number of carbonyl (C=O) groups is 2. The minimum absolute atomic E-state index is 0.235. The van der Waals surface area contributed by atoms with Crippen LogP contribution in [0.15, 0.2) is 72.5 Å². The number of imide groups is 1. The van der Waals surface area contributed by atoms with Gasteiger partial charge in [0.1, 0.15) is 11.9 Å². The molecule has 0 bridgehead atoms. The van der Waals surface area contributed by atoms with Gasteiger partial charge in [-0.25, -0.2) is 0 Å². The maximum atomic E-state index is 13.2. The van der Waals surface area contributed by atoms with E-state index >= 15 is 0 Å². The van der Waals surface area contributed by atoms with Gasteiger partial charge in [0.05, 0.1) is 17.9 Å². The number of benzene rings is 2. The third kappa shape index (κ3) is 4.15. The van der Waals surface area contributed by atoms with Crippen LogP contribution >= 0.6 is 0 Å². The molecule has 1 heterocycles. The molecule has 1 aliphatic carbocycles. The van der Waals surface area contributed by atoms with E-state index in [1.807, 2.05) is 49.4 Å². The number of hydrogen-bond donors (Lipinski definition) is 0. The van der Waals surface area contributed by atoms with Gasteiger partial charge in [-0.05, 0) is 28.4 Å². The van der Waals surface area contributed by atoms with Gasteiger partial charge < -0.3 is 13.9 Å². The van der Waals surface area contributed by atoms with E-state index in [-0.39, 0.29) is 16.9 Å². The van der Waals surface area contributed by atoms with Crippen molar-refractivity contribution in [2.24, 2.45) is 11.8 Å². The minimum Gasteiger partial charge on any atom is -0.535 e. The third-order valence-corrected chi connectivity index (χ3v) is 12.2. The molecule has 0 spiro atoms. The summed E-state index contributed by atoms with van der Waals surface area (Å²) in [5.74, 6) is -1.23. The number of rotatable bonds is 7. The topological polar surface area (TPSA) is 65.1 Å². The number of ether oxygens (including phenoxy) is 2. The third-order valence-electron chi connectivity index (χ3n) is 7.21. The second kappa shape index (κ2) is 9.72. The van der Waals surface area contributed by atoms with Gasteiger partial charge >= 0.3 is 8.32 Å². The average molecular weight is 494 g/mol. The summed E-state index contributed by atoms with van der Waals surface area (Å²) in [5.41, 5.74) is 0. The van der Waals surface area contributed by atoms with E-state index in [0.717, 1.165) is 10.4 Å². The van der Waals surface area contributed by atoms with Crippen LogP contribution in [0.2, 0.25) is 5.04 Å². The first kappa shape index (κ1) is 25.4. The van der Waals surface area contributed by atoms with Gasteiger partial charge in [0.2, 0.25) is 11.8 Å². The Kier molecular flexibility index (Phi) is 7.04. The predicted octanol–water partition coefficient (Wildman–Crippen LogP) is 3.11. The van der Waals surface area contributed by atoms with Gasteiger partial charge in [0.15, 0.2) is 0 Å². The lowest BCUT2D eigenvalue weighted by atomic mass is 9.80. The molecule has 0 unspecified atom stereocenters. The molecule has 186 valence electrons. The standard InChI is InChI=1S/C28H35NO5Si/c1-7-33-21-18-22(25(32-6)24-23(21)26(30)29(5)27(24)31)34-35(28(2,3)4,19-14-10-8-11-15-19)20-16-12-9-13-17-20/h8-18,21,23-25H,7H2,1-6H3/t21-,23-,24-,25-/m0/s1. The molecule has 2 aromatic rings. The Bertz CT molecular complexity index is 1060. The molecular formula is C28H35NO5Si. The van der Waals surface area contributed by atoms with Gasteiger partial charge in [0.25, 0.3) is 0 Å². The van der Waals surface area contributed by atoms with E-state index in [9.17, 15) is 9.59 Å². The molecule has 1 fully saturated rings. The number of likely N-dealkylation sites (tertiary alicyclic amines) is 1. The SMILES string of the molecule is CCO[C@H]1C=C(O[Si](c2ccccc2)(c2ccccc2)C(C)(C)C)[C@H](OC)[C@H]2C(=O)N(C)C(=O)[C@H]21. The highest BCUT2D eigenvalue weighted by Gasteiger charge is 2.59. The molecule has 0 aromatic heterocycles. The molecule has 4 atom stereocenters. The summed E-state index contributed by atoms with van der Waals surface area (Å²) in [4.78, 5) is 27.4. The van der Waals surface area contributed by atoms with Crippen molar-refractivity contribution in [1.29, 1.82) is 0 Å². The fourth-order valence-corrected chi connectivity index (χ4v) is 10.1. The smallest absolute Gasteiger partial charge is 0.319 e. The highest BCUT2D eigenvalue weighted by atomic mass is 28.4. The normalized spacial score (nSPS) is 24.9. The van der Waals surface area contributed by atoms with Crippen LogP contribution in [0, 0.1) is 11.8 Å². The van der Waals surface area contributed by atoms with E-state index in [4.69, 9.17) is 13.9 Å². The average Bonchev–Trinajstić information content (AvgIpc) is 3.07. The summed E-state index contributed by atoms with van der Waals surface area (Å²) < 4.78 is 19.2. The number of fused-ring (bicyclic) bond motifs is 1. The Hall–Kier alpha value is -2.74. The van der Waals surface area contributed by atoms with Crippen molar-refractivity contribution in [3.63, 3.8) is 0 Å². The van der Waals surface area contributed by atoms with Gasteiger partial charge in [-0.3, -0.25) is 14.5 Å². The Balaban J connectivity index is 1.92. The second-order valence-electron chi connectivity index (χ2n) is 10.2. The van der Waals surface area contributed by atoms with Crippen molar-refractivity contribution in [2.75, 3.05) is 20.8 Å². The molecule has 0 saturated carbocycles. The summed E-state index contributed by atoms with van der Waals surface area (Å²) in [5, 5.41) is 1.98. The maximum Gasteiger partial charge on any atom is 0.319 e. The van der Waals surface area contributed by atoms with Crippen LogP contribution in [0.3, 0.4) is 0 Å². The molecule has 2 aliphatic rings. The number of amides is 2. The monoisotopic (exact) mass is 493 g/mol. The first-order valence-corrected chi connectivity index (χ1v) is 14.1. The molecule has 4 rings (SSSR count). The first-order valence-electron chi connectivity index (χ1n) is 12.1. The first-order chi connectivity index (χ1) is 16.7. The Morgan fingerprint density at radius 1 is 0.886 bits per heavy atom. The lowest BCUT2D eigenvalue weighted by Crippen LogP contribution is -2.67.